The van der Waals surface area contributed by atoms with E-state index in [-0.39, 0.29) is 0 Å². The van der Waals surface area contributed by atoms with Crippen molar-refractivity contribution in [3.05, 3.63) is 34.3 Å². The smallest absolute Gasteiger partial charge is 0.0175 e. The van der Waals surface area contributed by atoms with E-state index in [0.29, 0.717) is 6.04 Å². The summed E-state index contributed by atoms with van der Waals surface area (Å²) in [7, 11) is 0. The first-order valence-electron chi connectivity index (χ1n) is 7.24. The van der Waals surface area contributed by atoms with E-state index in [4.69, 9.17) is 0 Å². The van der Waals surface area contributed by atoms with Crippen LogP contribution in [0, 0.1) is 0 Å². The van der Waals surface area contributed by atoms with Gasteiger partial charge in [-0.15, -0.1) is 0 Å². The van der Waals surface area contributed by atoms with Crippen LogP contribution < -0.4 is 5.32 Å². The maximum atomic E-state index is 3.66. The second kappa shape index (κ2) is 9.57. The van der Waals surface area contributed by atoms with Crippen LogP contribution in [-0.2, 0) is 6.42 Å². The molecule has 1 rings (SSSR count). The van der Waals surface area contributed by atoms with Crippen molar-refractivity contribution >= 4 is 15.9 Å². The third kappa shape index (κ3) is 6.55. The second-order valence-electron chi connectivity index (χ2n) is 4.96. The van der Waals surface area contributed by atoms with Crippen molar-refractivity contribution in [2.75, 3.05) is 6.54 Å². The van der Waals surface area contributed by atoms with E-state index in [2.05, 4.69) is 59.4 Å². The zero-order valence-corrected chi connectivity index (χ0v) is 13.3. The molecule has 18 heavy (non-hydrogen) atoms. The summed E-state index contributed by atoms with van der Waals surface area (Å²) in [5.41, 5.74) is 1.45. The van der Waals surface area contributed by atoms with Crippen molar-refractivity contribution in [2.45, 2.75) is 58.4 Å². The molecule has 0 amide bonds. The molecule has 0 aliphatic heterocycles. The number of benzene rings is 1. The van der Waals surface area contributed by atoms with Crippen molar-refractivity contribution in [3.63, 3.8) is 0 Å². The molecule has 0 spiro atoms. The van der Waals surface area contributed by atoms with E-state index in [9.17, 15) is 0 Å². The number of rotatable bonds is 9. The molecule has 0 aromatic heterocycles. The number of hydrogen-bond donors (Lipinski definition) is 1. The van der Waals surface area contributed by atoms with Gasteiger partial charge in [0.2, 0.25) is 0 Å². The van der Waals surface area contributed by atoms with Crippen LogP contribution in [-0.4, -0.2) is 12.6 Å². The van der Waals surface area contributed by atoms with Gasteiger partial charge in [-0.2, -0.15) is 0 Å². The summed E-state index contributed by atoms with van der Waals surface area (Å²) in [5.74, 6) is 0. The number of hydrogen-bond acceptors (Lipinski definition) is 1. The highest BCUT2D eigenvalue weighted by atomic mass is 79.9. The fourth-order valence-corrected chi connectivity index (χ4v) is 2.51. The summed E-state index contributed by atoms with van der Waals surface area (Å²) in [6.07, 6.45) is 7.58. The van der Waals surface area contributed by atoms with Gasteiger partial charge in [0.25, 0.3) is 0 Å². The van der Waals surface area contributed by atoms with Gasteiger partial charge in [-0.05, 0) is 56.3 Å². The Bertz CT molecular complexity index is 307. The summed E-state index contributed by atoms with van der Waals surface area (Å²) >= 11 is 3.48. The van der Waals surface area contributed by atoms with Crippen LogP contribution in [0.15, 0.2) is 28.7 Å². The third-order valence-corrected chi connectivity index (χ3v) is 3.78. The van der Waals surface area contributed by atoms with Gasteiger partial charge in [0.1, 0.15) is 0 Å². The molecule has 1 unspecified atom stereocenters. The van der Waals surface area contributed by atoms with Gasteiger partial charge in [-0.3, -0.25) is 0 Å². The lowest BCUT2D eigenvalue weighted by Crippen LogP contribution is -2.29. The highest BCUT2D eigenvalue weighted by Gasteiger charge is 2.06. The van der Waals surface area contributed by atoms with Crippen LogP contribution >= 0.6 is 15.9 Å². The van der Waals surface area contributed by atoms with E-state index < -0.39 is 0 Å². The lowest BCUT2D eigenvalue weighted by Gasteiger charge is -2.17. The molecule has 1 nitrogen and oxygen atoms in total. The third-order valence-electron chi connectivity index (χ3n) is 3.25. The Labute approximate surface area is 120 Å². The van der Waals surface area contributed by atoms with Gasteiger partial charge in [0, 0.05) is 10.5 Å². The summed E-state index contributed by atoms with van der Waals surface area (Å²) in [5, 5.41) is 3.66. The van der Waals surface area contributed by atoms with Crippen LogP contribution in [0.5, 0.6) is 0 Å². The largest absolute Gasteiger partial charge is 0.314 e. The van der Waals surface area contributed by atoms with E-state index in [1.165, 1.54) is 48.6 Å². The minimum atomic E-state index is 0.713. The molecule has 102 valence electrons. The van der Waals surface area contributed by atoms with E-state index in [1.54, 1.807) is 0 Å². The van der Waals surface area contributed by atoms with Gasteiger partial charge in [0.15, 0.2) is 0 Å². The molecule has 2 heteroatoms. The molecule has 0 aliphatic carbocycles. The number of aryl methyl sites for hydroxylation is 1. The molecule has 1 aromatic rings. The predicted molar refractivity (Wildman–Crippen MR) is 84.1 cm³/mol. The van der Waals surface area contributed by atoms with Crippen molar-refractivity contribution in [1.82, 2.24) is 5.32 Å². The average Bonchev–Trinajstić information content (AvgIpc) is 2.38. The van der Waals surface area contributed by atoms with Crippen LogP contribution in [0.2, 0.25) is 0 Å². The maximum absolute atomic E-state index is 3.66. The Balaban J connectivity index is 2.26. The van der Waals surface area contributed by atoms with E-state index in [0.717, 1.165) is 6.54 Å². The van der Waals surface area contributed by atoms with Gasteiger partial charge >= 0.3 is 0 Å². The standard InChI is InChI=1S/C16H26BrN/c1-3-6-16(18-13-4-2)8-5-7-14-9-11-15(17)12-10-14/h9-12,16,18H,3-8,13H2,1-2H3. The Morgan fingerprint density at radius 2 is 1.78 bits per heavy atom. The van der Waals surface area contributed by atoms with Crippen molar-refractivity contribution < 1.29 is 0 Å². The second-order valence-corrected chi connectivity index (χ2v) is 5.87. The zero-order valence-electron chi connectivity index (χ0n) is 11.7. The van der Waals surface area contributed by atoms with Crippen LogP contribution in [0.3, 0.4) is 0 Å². The Kier molecular flexibility index (Phi) is 8.36. The average molecular weight is 312 g/mol. The first-order chi connectivity index (χ1) is 8.76. The first kappa shape index (κ1) is 15.7. The van der Waals surface area contributed by atoms with E-state index >= 15 is 0 Å². The molecule has 0 fully saturated rings. The minimum absolute atomic E-state index is 0.713. The predicted octanol–water partition coefficient (Wildman–Crippen LogP) is 4.94. The Morgan fingerprint density at radius 1 is 1.06 bits per heavy atom. The Hall–Kier alpha value is -0.340. The highest BCUT2D eigenvalue weighted by Crippen LogP contribution is 2.14. The summed E-state index contributed by atoms with van der Waals surface area (Å²) in [6.45, 7) is 5.66. The van der Waals surface area contributed by atoms with Crippen molar-refractivity contribution in [2.24, 2.45) is 0 Å². The zero-order chi connectivity index (χ0) is 13.2. The number of halogens is 1. The molecule has 0 aliphatic rings. The maximum Gasteiger partial charge on any atom is 0.0175 e. The molecular formula is C16H26BrN. The molecular weight excluding hydrogens is 286 g/mol. The fraction of sp³-hybridized carbons (Fsp3) is 0.625. The molecule has 1 aromatic carbocycles. The topological polar surface area (TPSA) is 12.0 Å². The normalized spacial score (nSPS) is 12.6. The first-order valence-corrected chi connectivity index (χ1v) is 8.03. The lowest BCUT2D eigenvalue weighted by molar-refractivity contribution is 0.438. The summed E-state index contributed by atoms with van der Waals surface area (Å²) < 4.78 is 1.17. The molecule has 0 saturated carbocycles. The molecule has 1 atom stereocenters. The van der Waals surface area contributed by atoms with Crippen LogP contribution in [0.1, 0.15) is 51.5 Å². The lowest BCUT2D eigenvalue weighted by atomic mass is 10.0. The van der Waals surface area contributed by atoms with Crippen LogP contribution in [0.4, 0.5) is 0 Å². The minimum Gasteiger partial charge on any atom is -0.314 e. The highest BCUT2D eigenvalue weighted by molar-refractivity contribution is 9.10. The SMILES string of the molecule is CCCNC(CCC)CCCc1ccc(Br)cc1. The quantitative estimate of drug-likeness (QED) is 0.681. The molecule has 0 bridgehead atoms. The van der Waals surface area contributed by atoms with Gasteiger partial charge in [-0.1, -0.05) is 48.3 Å². The Morgan fingerprint density at radius 3 is 2.39 bits per heavy atom. The number of nitrogens with one attached hydrogen (secondary N) is 1. The fourth-order valence-electron chi connectivity index (χ4n) is 2.25. The monoisotopic (exact) mass is 311 g/mol. The molecule has 0 radical (unpaired) electrons. The van der Waals surface area contributed by atoms with Crippen LogP contribution in [0.25, 0.3) is 0 Å². The van der Waals surface area contributed by atoms with E-state index in [1.807, 2.05) is 0 Å². The van der Waals surface area contributed by atoms with Gasteiger partial charge in [-0.25, -0.2) is 0 Å². The van der Waals surface area contributed by atoms with Crippen molar-refractivity contribution in [1.29, 1.82) is 0 Å². The summed E-state index contributed by atoms with van der Waals surface area (Å²) in [4.78, 5) is 0. The summed E-state index contributed by atoms with van der Waals surface area (Å²) in [6, 6.07) is 9.42. The van der Waals surface area contributed by atoms with Gasteiger partial charge < -0.3 is 5.32 Å². The molecule has 1 N–H and O–H groups in total. The van der Waals surface area contributed by atoms with Crippen molar-refractivity contribution in [3.8, 4) is 0 Å². The molecule has 0 heterocycles. The molecule has 0 saturated heterocycles. The van der Waals surface area contributed by atoms with Gasteiger partial charge in [0.05, 0.1) is 0 Å².